The summed E-state index contributed by atoms with van der Waals surface area (Å²) in [6.45, 7) is 4.35. The van der Waals surface area contributed by atoms with Crippen molar-refractivity contribution in [2.45, 2.75) is 20.4 Å². The normalized spacial score (nSPS) is 10.9. The maximum atomic E-state index is 11.2. The second-order valence-corrected chi connectivity index (χ2v) is 5.42. The number of benzene rings is 1. The van der Waals surface area contributed by atoms with Crippen LogP contribution in [0, 0.1) is 24.0 Å². The summed E-state index contributed by atoms with van der Waals surface area (Å²) in [6.07, 6.45) is 1.64. The van der Waals surface area contributed by atoms with Gasteiger partial charge >= 0.3 is 0 Å². The summed E-state index contributed by atoms with van der Waals surface area (Å²) in [7, 11) is 1.92. The lowest BCUT2D eigenvalue weighted by molar-refractivity contribution is -0.383. The molecule has 3 aromatic rings. The quantitative estimate of drug-likeness (QED) is 0.542. The molecule has 2 aromatic heterocycles. The number of non-ortho nitro benzene ring substituents is 1. The van der Waals surface area contributed by atoms with Crippen LogP contribution in [-0.4, -0.2) is 22.1 Å². The lowest BCUT2D eigenvalue weighted by Gasteiger charge is -2.20. The smallest absolute Gasteiger partial charge is 0.278 e. The minimum Gasteiger partial charge on any atom is -0.368 e. The fraction of sp³-hybridized carbons (Fsp3) is 0.250. The number of fused-ring (bicyclic) bond motifs is 1. The lowest BCUT2D eigenvalue weighted by atomic mass is 10.1. The molecule has 0 saturated heterocycles. The van der Waals surface area contributed by atoms with E-state index in [1.165, 1.54) is 6.07 Å². The average molecular weight is 312 g/mol. The number of nitro groups is 1. The minimum atomic E-state index is -0.387. The number of pyridine rings is 1. The predicted molar refractivity (Wildman–Crippen MR) is 86.5 cm³/mol. The van der Waals surface area contributed by atoms with Crippen molar-refractivity contribution in [1.29, 1.82) is 0 Å². The molecular formula is C16H16N4O3. The molecule has 1 aromatic carbocycles. The summed E-state index contributed by atoms with van der Waals surface area (Å²) >= 11 is 0. The molecule has 23 heavy (non-hydrogen) atoms. The number of nitro benzene ring substituents is 1. The summed E-state index contributed by atoms with van der Waals surface area (Å²) in [5, 5.41) is 15.7. The Kier molecular flexibility index (Phi) is 3.69. The fourth-order valence-corrected chi connectivity index (χ4v) is 2.66. The molecule has 0 aliphatic carbocycles. The van der Waals surface area contributed by atoms with Gasteiger partial charge in [-0.2, -0.15) is 0 Å². The number of anilines is 1. The van der Waals surface area contributed by atoms with Crippen molar-refractivity contribution >= 4 is 22.3 Å². The van der Waals surface area contributed by atoms with Gasteiger partial charge in [0.05, 0.1) is 21.7 Å². The highest BCUT2D eigenvalue weighted by Crippen LogP contribution is 2.32. The van der Waals surface area contributed by atoms with Gasteiger partial charge in [-0.05, 0) is 32.0 Å². The van der Waals surface area contributed by atoms with Crippen LogP contribution >= 0.6 is 0 Å². The van der Waals surface area contributed by atoms with Crippen molar-refractivity contribution in [1.82, 2.24) is 10.1 Å². The average Bonchev–Trinajstić information content (AvgIpc) is 2.85. The Morgan fingerprint density at radius 3 is 2.74 bits per heavy atom. The van der Waals surface area contributed by atoms with Gasteiger partial charge in [-0.3, -0.25) is 15.1 Å². The van der Waals surface area contributed by atoms with E-state index >= 15 is 0 Å². The number of aromatic nitrogens is 2. The van der Waals surface area contributed by atoms with E-state index < -0.39 is 0 Å². The van der Waals surface area contributed by atoms with E-state index in [1.807, 2.05) is 25.8 Å². The number of hydrogen-bond acceptors (Lipinski definition) is 6. The van der Waals surface area contributed by atoms with Gasteiger partial charge in [-0.15, -0.1) is 0 Å². The van der Waals surface area contributed by atoms with Crippen molar-refractivity contribution in [3.63, 3.8) is 0 Å². The van der Waals surface area contributed by atoms with Gasteiger partial charge in [0.1, 0.15) is 11.3 Å². The highest BCUT2D eigenvalue weighted by atomic mass is 16.6. The molecule has 0 radical (unpaired) electrons. The molecule has 7 heteroatoms. The van der Waals surface area contributed by atoms with Gasteiger partial charge in [0.15, 0.2) is 0 Å². The summed E-state index contributed by atoms with van der Waals surface area (Å²) in [4.78, 5) is 17.1. The zero-order valence-corrected chi connectivity index (χ0v) is 13.1. The molecule has 0 N–H and O–H groups in total. The Bertz CT molecular complexity index is 869. The Morgan fingerprint density at radius 2 is 2.09 bits per heavy atom. The van der Waals surface area contributed by atoms with E-state index in [2.05, 4.69) is 10.1 Å². The van der Waals surface area contributed by atoms with Crippen LogP contribution in [-0.2, 0) is 6.54 Å². The highest BCUT2D eigenvalue weighted by Gasteiger charge is 2.18. The molecule has 0 unspecified atom stereocenters. The van der Waals surface area contributed by atoms with Crippen molar-refractivity contribution < 1.29 is 9.45 Å². The van der Waals surface area contributed by atoms with Crippen LogP contribution in [0.2, 0.25) is 0 Å². The molecule has 3 rings (SSSR count). The number of hydrogen-bond donors (Lipinski definition) is 0. The summed E-state index contributed by atoms with van der Waals surface area (Å²) in [5.41, 5.74) is 3.34. The summed E-state index contributed by atoms with van der Waals surface area (Å²) in [5.74, 6) is 0.772. The van der Waals surface area contributed by atoms with Gasteiger partial charge in [0, 0.05) is 31.4 Å². The molecule has 0 aliphatic heterocycles. The van der Waals surface area contributed by atoms with Crippen LogP contribution in [0.15, 0.2) is 35.0 Å². The van der Waals surface area contributed by atoms with E-state index in [4.69, 9.17) is 4.52 Å². The largest absolute Gasteiger partial charge is 0.368 e. The number of rotatable bonds is 4. The highest BCUT2D eigenvalue weighted by molar-refractivity contribution is 5.96. The number of nitrogens with zero attached hydrogens (tertiary/aromatic N) is 4. The molecular weight excluding hydrogens is 296 g/mol. The van der Waals surface area contributed by atoms with Crippen molar-refractivity contribution in [2.75, 3.05) is 11.9 Å². The van der Waals surface area contributed by atoms with Crippen LogP contribution in [0.5, 0.6) is 0 Å². The molecule has 0 amide bonds. The zero-order valence-electron chi connectivity index (χ0n) is 13.1. The van der Waals surface area contributed by atoms with E-state index in [-0.39, 0.29) is 10.6 Å². The van der Waals surface area contributed by atoms with Crippen LogP contribution in [0.4, 0.5) is 11.4 Å². The first kappa shape index (κ1) is 15.0. The van der Waals surface area contributed by atoms with Gasteiger partial charge < -0.3 is 9.42 Å². The van der Waals surface area contributed by atoms with Crippen LogP contribution in [0.3, 0.4) is 0 Å². The fourth-order valence-electron chi connectivity index (χ4n) is 2.66. The first-order valence-corrected chi connectivity index (χ1v) is 7.14. The van der Waals surface area contributed by atoms with E-state index in [9.17, 15) is 10.1 Å². The Labute approximate surface area is 132 Å². The van der Waals surface area contributed by atoms with Crippen LogP contribution in [0.1, 0.15) is 17.0 Å². The molecule has 0 fully saturated rings. The van der Waals surface area contributed by atoms with E-state index in [1.54, 1.807) is 24.4 Å². The topological polar surface area (TPSA) is 85.3 Å². The second kappa shape index (κ2) is 5.68. The Balaban J connectivity index is 2.06. The molecule has 7 nitrogen and oxygen atoms in total. The van der Waals surface area contributed by atoms with Crippen molar-refractivity contribution in [3.8, 4) is 0 Å². The van der Waals surface area contributed by atoms with Crippen molar-refractivity contribution in [2.24, 2.45) is 0 Å². The monoisotopic (exact) mass is 312 g/mol. The molecule has 0 atom stereocenters. The van der Waals surface area contributed by atoms with E-state index in [0.717, 1.165) is 22.7 Å². The SMILES string of the molecule is Cc1noc(C)c1CN(C)c1ccc([N+](=O)[O-])c2cccnc12. The maximum Gasteiger partial charge on any atom is 0.278 e. The first-order chi connectivity index (χ1) is 11.0. The molecule has 0 saturated carbocycles. The lowest BCUT2D eigenvalue weighted by Crippen LogP contribution is -2.18. The molecule has 0 bridgehead atoms. The van der Waals surface area contributed by atoms with Gasteiger partial charge in [-0.1, -0.05) is 5.16 Å². The maximum absolute atomic E-state index is 11.2. The molecule has 118 valence electrons. The van der Waals surface area contributed by atoms with Gasteiger partial charge in [0.2, 0.25) is 0 Å². The van der Waals surface area contributed by atoms with Crippen LogP contribution < -0.4 is 4.90 Å². The van der Waals surface area contributed by atoms with E-state index in [0.29, 0.717) is 17.4 Å². The third-order valence-corrected chi connectivity index (χ3v) is 3.91. The summed E-state index contributed by atoms with van der Waals surface area (Å²) in [6, 6.07) is 6.66. The zero-order chi connectivity index (χ0) is 16.6. The second-order valence-electron chi connectivity index (χ2n) is 5.42. The number of aryl methyl sites for hydroxylation is 2. The molecule has 0 aliphatic rings. The third-order valence-electron chi connectivity index (χ3n) is 3.91. The molecule has 2 heterocycles. The van der Waals surface area contributed by atoms with Crippen LogP contribution in [0.25, 0.3) is 10.9 Å². The molecule has 0 spiro atoms. The summed E-state index contributed by atoms with van der Waals surface area (Å²) < 4.78 is 5.19. The standard InChI is InChI=1S/C16H16N4O3/c1-10-13(11(2)23-18-10)9-19(3)15-7-6-14(20(21)22)12-5-4-8-17-16(12)15/h4-8H,9H2,1-3H3. The van der Waals surface area contributed by atoms with Gasteiger partial charge in [0.25, 0.3) is 5.69 Å². The first-order valence-electron chi connectivity index (χ1n) is 7.14. The third kappa shape index (κ3) is 2.61. The Hall–Kier alpha value is -2.96. The predicted octanol–water partition coefficient (Wildman–Crippen LogP) is 3.38. The Morgan fingerprint density at radius 1 is 1.30 bits per heavy atom. The van der Waals surface area contributed by atoms with Gasteiger partial charge in [-0.25, -0.2) is 0 Å². The van der Waals surface area contributed by atoms with Crippen molar-refractivity contribution in [3.05, 3.63) is 57.6 Å². The minimum absolute atomic E-state index is 0.0580.